The maximum absolute atomic E-state index is 14.3. The minimum atomic E-state index is -3.04. The SMILES string of the molecule is CN1CCN(c2ccc(Nc3ncc(F)c(Nc4ccsc4C(N)=O)n3)c(OC(F)F)c2)CC1. The molecule has 0 atom stereocenters. The predicted molar refractivity (Wildman–Crippen MR) is 124 cm³/mol. The molecular weight excluding hydrogens is 471 g/mol. The van der Waals surface area contributed by atoms with Crippen molar-refractivity contribution in [3.05, 3.63) is 46.5 Å². The molecule has 1 fully saturated rings. The molecule has 0 spiro atoms. The molecule has 0 radical (unpaired) electrons. The molecule has 0 bridgehead atoms. The number of nitrogens with zero attached hydrogens (tertiary/aromatic N) is 4. The van der Waals surface area contributed by atoms with Crippen molar-refractivity contribution in [3.63, 3.8) is 0 Å². The van der Waals surface area contributed by atoms with E-state index in [1.807, 2.05) is 7.05 Å². The van der Waals surface area contributed by atoms with Gasteiger partial charge in [0.15, 0.2) is 17.4 Å². The molecule has 3 heterocycles. The number of amides is 1. The van der Waals surface area contributed by atoms with Crippen molar-refractivity contribution in [2.45, 2.75) is 6.61 Å². The summed E-state index contributed by atoms with van der Waals surface area (Å²) in [6, 6.07) is 6.44. The van der Waals surface area contributed by atoms with E-state index in [2.05, 4.69) is 30.4 Å². The van der Waals surface area contributed by atoms with Gasteiger partial charge in [0.2, 0.25) is 5.95 Å². The molecule has 1 aliphatic heterocycles. The second-order valence-corrected chi connectivity index (χ2v) is 8.43. The van der Waals surface area contributed by atoms with Crippen molar-refractivity contribution in [2.75, 3.05) is 48.8 Å². The lowest BCUT2D eigenvalue weighted by Gasteiger charge is -2.34. The highest BCUT2D eigenvalue weighted by Crippen LogP contribution is 2.34. The second-order valence-electron chi connectivity index (χ2n) is 7.52. The van der Waals surface area contributed by atoms with Gasteiger partial charge in [0.05, 0.1) is 17.6 Å². The molecule has 13 heteroatoms. The summed E-state index contributed by atoms with van der Waals surface area (Å²) in [5.41, 5.74) is 6.54. The lowest BCUT2D eigenvalue weighted by Crippen LogP contribution is -2.44. The predicted octanol–water partition coefficient (Wildman–Crippen LogP) is 3.62. The largest absolute Gasteiger partial charge is 0.433 e. The fourth-order valence-corrected chi connectivity index (χ4v) is 4.13. The summed E-state index contributed by atoms with van der Waals surface area (Å²) in [4.78, 5) is 23.9. The van der Waals surface area contributed by atoms with E-state index in [1.165, 1.54) is 6.07 Å². The van der Waals surface area contributed by atoms with Gasteiger partial charge < -0.3 is 30.9 Å². The molecule has 1 aliphatic rings. The summed E-state index contributed by atoms with van der Waals surface area (Å²) in [6.07, 6.45) is 0.917. The van der Waals surface area contributed by atoms with Crippen LogP contribution in [0.2, 0.25) is 0 Å². The second kappa shape index (κ2) is 10.1. The number of piperazine rings is 1. The zero-order valence-electron chi connectivity index (χ0n) is 18.1. The van der Waals surface area contributed by atoms with E-state index >= 15 is 0 Å². The highest BCUT2D eigenvalue weighted by atomic mass is 32.1. The Morgan fingerprint density at radius 2 is 1.94 bits per heavy atom. The van der Waals surface area contributed by atoms with Crippen LogP contribution in [0, 0.1) is 5.82 Å². The van der Waals surface area contributed by atoms with Crippen LogP contribution in [0.3, 0.4) is 0 Å². The summed E-state index contributed by atoms with van der Waals surface area (Å²) in [7, 11) is 2.02. The van der Waals surface area contributed by atoms with Crippen LogP contribution in [0.15, 0.2) is 35.8 Å². The zero-order valence-corrected chi connectivity index (χ0v) is 18.9. The molecule has 34 heavy (non-hydrogen) atoms. The number of alkyl halides is 2. The third-order valence-electron chi connectivity index (χ3n) is 5.18. The summed E-state index contributed by atoms with van der Waals surface area (Å²) < 4.78 is 45.2. The van der Waals surface area contributed by atoms with Crippen LogP contribution in [-0.4, -0.2) is 60.6 Å². The van der Waals surface area contributed by atoms with Gasteiger partial charge in [0.25, 0.3) is 5.91 Å². The normalized spacial score (nSPS) is 14.3. The van der Waals surface area contributed by atoms with E-state index in [-0.39, 0.29) is 28.1 Å². The number of primary amides is 1. The topological polar surface area (TPSA) is 109 Å². The van der Waals surface area contributed by atoms with E-state index in [1.54, 1.807) is 23.6 Å². The lowest BCUT2D eigenvalue weighted by atomic mass is 10.2. The first-order valence-electron chi connectivity index (χ1n) is 10.3. The molecule has 9 nitrogen and oxygen atoms in total. The number of nitrogens with one attached hydrogen (secondary N) is 2. The Labute approximate surface area is 197 Å². The van der Waals surface area contributed by atoms with Gasteiger partial charge in [-0.15, -0.1) is 11.3 Å². The summed E-state index contributed by atoms with van der Waals surface area (Å²) >= 11 is 1.10. The zero-order chi connectivity index (χ0) is 24.2. The molecule has 0 saturated carbocycles. The van der Waals surface area contributed by atoms with Gasteiger partial charge in [-0.3, -0.25) is 4.79 Å². The van der Waals surface area contributed by atoms with Crippen molar-refractivity contribution in [1.82, 2.24) is 14.9 Å². The molecule has 0 unspecified atom stereocenters. The number of ether oxygens (including phenoxy) is 1. The molecule has 180 valence electrons. The minimum absolute atomic E-state index is 0.0637. The Morgan fingerprint density at radius 3 is 2.65 bits per heavy atom. The van der Waals surface area contributed by atoms with E-state index in [4.69, 9.17) is 10.5 Å². The van der Waals surface area contributed by atoms with Crippen LogP contribution in [0.1, 0.15) is 9.67 Å². The molecule has 1 aromatic carbocycles. The first-order chi connectivity index (χ1) is 16.3. The van der Waals surface area contributed by atoms with Crippen molar-refractivity contribution in [2.24, 2.45) is 5.73 Å². The average molecular weight is 494 g/mol. The van der Waals surface area contributed by atoms with Crippen LogP contribution in [0.25, 0.3) is 0 Å². The number of carbonyl (C=O) groups excluding carboxylic acids is 1. The van der Waals surface area contributed by atoms with E-state index in [0.29, 0.717) is 5.69 Å². The number of carbonyl (C=O) groups is 1. The number of thiophene rings is 1. The van der Waals surface area contributed by atoms with Crippen molar-refractivity contribution < 1.29 is 22.7 Å². The number of aromatic nitrogens is 2. The number of hydrogen-bond acceptors (Lipinski definition) is 9. The average Bonchev–Trinajstić information content (AvgIpc) is 3.26. The third-order valence-corrected chi connectivity index (χ3v) is 6.11. The van der Waals surface area contributed by atoms with Crippen LogP contribution < -0.4 is 26.0 Å². The van der Waals surface area contributed by atoms with Crippen LogP contribution >= 0.6 is 11.3 Å². The summed E-state index contributed by atoms with van der Waals surface area (Å²) in [5, 5.41) is 7.13. The fourth-order valence-electron chi connectivity index (χ4n) is 3.43. The van der Waals surface area contributed by atoms with E-state index in [9.17, 15) is 18.0 Å². The minimum Gasteiger partial charge on any atom is -0.433 e. The first-order valence-corrected chi connectivity index (χ1v) is 11.1. The lowest BCUT2D eigenvalue weighted by molar-refractivity contribution is -0.0493. The van der Waals surface area contributed by atoms with Gasteiger partial charge in [-0.25, -0.2) is 9.37 Å². The van der Waals surface area contributed by atoms with E-state index < -0.39 is 18.3 Å². The fraction of sp³-hybridized carbons (Fsp3) is 0.286. The standard InChI is InChI=1S/C21H22F3N7O2S/c1-30-5-7-31(8-6-30)12-2-3-14(16(10-12)33-20(23)24)28-21-26-11-13(22)19(29-21)27-15-4-9-34-17(15)18(25)32/h2-4,9-11,20H,5-8H2,1H3,(H2,25,32)(H2,26,27,28,29). The summed E-state index contributed by atoms with van der Waals surface area (Å²) in [6.45, 7) is 0.171. The van der Waals surface area contributed by atoms with Crippen molar-refractivity contribution in [3.8, 4) is 5.75 Å². The Kier molecular flexibility index (Phi) is 7.03. The smallest absolute Gasteiger partial charge is 0.387 e. The Balaban J connectivity index is 1.58. The number of benzene rings is 1. The van der Waals surface area contributed by atoms with Gasteiger partial charge in [-0.1, -0.05) is 0 Å². The van der Waals surface area contributed by atoms with Crippen molar-refractivity contribution >= 4 is 46.1 Å². The van der Waals surface area contributed by atoms with Crippen molar-refractivity contribution in [1.29, 1.82) is 0 Å². The van der Waals surface area contributed by atoms with Gasteiger partial charge in [-0.05, 0) is 30.6 Å². The first kappa shape index (κ1) is 23.6. The van der Waals surface area contributed by atoms with Gasteiger partial charge in [0, 0.05) is 37.9 Å². The molecule has 0 aliphatic carbocycles. The molecule has 4 rings (SSSR count). The number of rotatable bonds is 8. The quantitative estimate of drug-likeness (QED) is 0.437. The van der Waals surface area contributed by atoms with Crippen LogP contribution in [-0.2, 0) is 0 Å². The molecule has 4 N–H and O–H groups in total. The molecule has 2 aromatic heterocycles. The molecule has 3 aromatic rings. The maximum atomic E-state index is 14.3. The van der Waals surface area contributed by atoms with Gasteiger partial charge in [-0.2, -0.15) is 13.8 Å². The van der Waals surface area contributed by atoms with Gasteiger partial charge in [0.1, 0.15) is 4.88 Å². The Morgan fingerprint density at radius 1 is 1.18 bits per heavy atom. The molecule has 1 saturated heterocycles. The number of likely N-dealkylation sites (N-methyl/N-ethyl adjacent to an activating group) is 1. The Hall–Kier alpha value is -3.58. The van der Waals surface area contributed by atoms with Crippen LogP contribution in [0.4, 0.5) is 42.0 Å². The van der Waals surface area contributed by atoms with Crippen LogP contribution in [0.5, 0.6) is 5.75 Å². The number of anilines is 5. The number of nitrogens with two attached hydrogens (primary N) is 1. The highest BCUT2D eigenvalue weighted by molar-refractivity contribution is 7.12. The van der Waals surface area contributed by atoms with E-state index in [0.717, 1.165) is 49.4 Å². The van der Waals surface area contributed by atoms with Gasteiger partial charge >= 0.3 is 6.61 Å². The number of hydrogen-bond donors (Lipinski definition) is 3. The summed E-state index contributed by atoms with van der Waals surface area (Å²) in [5.74, 6) is -1.82. The highest BCUT2D eigenvalue weighted by Gasteiger charge is 2.19. The Bertz CT molecular complexity index is 1170. The monoisotopic (exact) mass is 493 g/mol. The number of halogens is 3. The third kappa shape index (κ3) is 5.48. The molecule has 1 amide bonds. The molecular formula is C21H22F3N7O2S. The maximum Gasteiger partial charge on any atom is 0.387 e.